The smallest absolute Gasteiger partial charge is 0.251 e. The molecular weight excluding hydrogens is 316 g/mol. The van der Waals surface area contributed by atoms with Gasteiger partial charge in [0.1, 0.15) is 23.2 Å². The van der Waals surface area contributed by atoms with E-state index in [2.05, 4.69) is 25.8 Å². The minimum Gasteiger partial charge on any atom is -0.377 e. The highest BCUT2D eigenvalue weighted by Crippen LogP contribution is 2.21. The maximum atomic E-state index is 12.6. The first kappa shape index (κ1) is 15.5. The van der Waals surface area contributed by atoms with Gasteiger partial charge in [-0.1, -0.05) is 35.6 Å². The molecule has 0 aliphatic heterocycles. The highest BCUT2D eigenvalue weighted by atomic mass is 32.1. The van der Waals surface area contributed by atoms with E-state index in [0.29, 0.717) is 23.2 Å². The largest absolute Gasteiger partial charge is 0.377 e. The van der Waals surface area contributed by atoms with Gasteiger partial charge in [-0.25, -0.2) is 4.68 Å². The van der Waals surface area contributed by atoms with Crippen molar-refractivity contribution in [3.05, 3.63) is 29.3 Å². The van der Waals surface area contributed by atoms with Gasteiger partial charge < -0.3 is 4.74 Å². The number of hydrogen-bond acceptors (Lipinski definition) is 7. The van der Waals surface area contributed by atoms with Crippen molar-refractivity contribution in [2.75, 3.05) is 12.4 Å². The molecule has 1 atom stereocenters. The van der Waals surface area contributed by atoms with Crippen LogP contribution >= 0.6 is 11.3 Å². The zero-order valence-electron chi connectivity index (χ0n) is 12.8. The maximum absolute atomic E-state index is 12.6. The standard InChI is InChI=1S/C14H16N6O2S/c1-3-10(20-11-7-5-4-6-9(11)16-19-20)13(21)15-14-18-17-12(23-14)8-22-2/h4-7,10H,3,8H2,1-2H3,(H,15,18,21). The summed E-state index contributed by atoms with van der Waals surface area (Å²) in [6.45, 7) is 2.30. The average Bonchev–Trinajstić information content (AvgIpc) is 3.16. The number of nitrogens with zero attached hydrogens (tertiary/aromatic N) is 5. The lowest BCUT2D eigenvalue weighted by molar-refractivity contribution is -0.119. The van der Waals surface area contributed by atoms with Crippen molar-refractivity contribution in [1.29, 1.82) is 0 Å². The Morgan fingerprint density at radius 3 is 2.96 bits per heavy atom. The predicted octanol–water partition coefficient (Wildman–Crippen LogP) is 2.02. The highest BCUT2D eigenvalue weighted by molar-refractivity contribution is 7.15. The number of ether oxygens (including phenoxy) is 1. The zero-order chi connectivity index (χ0) is 16.2. The monoisotopic (exact) mass is 332 g/mol. The number of methoxy groups -OCH3 is 1. The predicted molar refractivity (Wildman–Crippen MR) is 86.1 cm³/mol. The lowest BCUT2D eigenvalue weighted by Gasteiger charge is -2.14. The van der Waals surface area contributed by atoms with Crippen LogP contribution in [0.25, 0.3) is 11.0 Å². The Morgan fingerprint density at radius 1 is 1.35 bits per heavy atom. The molecule has 0 aliphatic carbocycles. The van der Waals surface area contributed by atoms with E-state index in [1.807, 2.05) is 31.2 Å². The van der Waals surface area contributed by atoms with Crippen LogP contribution < -0.4 is 5.32 Å². The van der Waals surface area contributed by atoms with Gasteiger partial charge in [-0.2, -0.15) is 0 Å². The molecule has 23 heavy (non-hydrogen) atoms. The van der Waals surface area contributed by atoms with E-state index in [1.54, 1.807) is 11.8 Å². The maximum Gasteiger partial charge on any atom is 0.251 e. The van der Waals surface area contributed by atoms with E-state index in [-0.39, 0.29) is 5.91 Å². The topological polar surface area (TPSA) is 94.8 Å². The van der Waals surface area contributed by atoms with E-state index < -0.39 is 6.04 Å². The van der Waals surface area contributed by atoms with Crippen LogP contribution in [0.4, 0.5) is 5.13 Å². The fraction of sp³-hybridized carbons (Fsp3) is 0.357. The number of rotatable bonds is 6. The number of fused-ring (bicyclic) bond motifs is 1. The minimum absolute atomic E-state index is 0.191. The summed E-state index contributed by atoms with van der Waals surface area (Å²) in [5, 5.41) is 20.1. The van der Waals surface area contributed by atoms with Gasteiger partial charge in [0.05, 0.1) is 5.52 Å². The summed E-state index contributed by atoms with van der Waals surface area (Å²) in [5.41, 5.74) is 1.59. The molecule has 0 radical (unpaired) electrons. The van der Waals surface area contributed by atoms with Crippen LogP contribution in [0.5, 0.6) is 0 Å². The fourth-order valence-electron chi connectivity index (χ4n) is 2.26. The molecule has 2 heterocycles. The van der Waals surface area contributed by atoms with Crippen LogP contribution in [-0.2, 0) is 16.1 Å². The van der Waals surface area contributed by atoms with Crippen LogP contribution in [0, 0.1) is 0 Å². The number of carbonyl (C=O) groups excluding carboxylic acids is 1. The van der Waals surface area contributed by atoms with Gasteiger partial charge in [0.25, 0.3) is 5.91 Å². The molecule has 0 aliphatic rings. The van der Waals surface area contributed by atoms with Gasteiger partial charge in [-0.3, -0.25) is 10.1 Å². The van der Waals surface area contributed by atoms with E-state index >= 15 is 0 Å². The van der Waals surface area contributed by atoms with Gasteiger partial charge in [0.2, 0.25) is 5.13 Å². The molecule has 9 heteroatoms. The Hall–Kier alpha value is -2.39. The molecule has 1 unspecified atom stereocenters. The molecule has 1 amide bonds. The van der Waals surface area contributed by atoms with Crippen molar-refractivity contribution < 1.29 is 9.53 Å². The number of benzene rings is 1. The van der Waals surface area contributed by atoms with Crippen molar-refractivity contribution in [2.45, 2.75) is 26.0 Å². The molecule has 0 fully saturated rings. The Morgan fingerprint density at radius 2 is 2.17 bits per heavy atom. The number of nitrogens with one attached hydrogen (secondary N) is 1. The Labute approximate surface area is 136 Å². The van der Waals surface area contributed by atoms with Crippen LogP contribution in [0.2, 0.25) is 0 Å². The van der Waals surface area contributed by atoms with Crippen LogP contribution in [0.1, 0.15) is 24.4 Å². The molecule has 1 aromatic carbocycles. The third-order valence-corrected chi connectivity index (χ3v) is 4.14. The number of aromatic nitrogens is 5. The molecule has 2 aromatic heterocycles. The highest BCUT2D eigenvalue weighted by Gasteiger charge is 2.23. The summed E-state index contributed by atoms with van der Waals surface area (Å²) in [6, 6.07) is 7.09. The van der Waals surface area contributed by atoms with Crippen molar-refractivity contribution in [3.63, 3.8) is 0 Å². The number of carbonyl (C=O) groups is 1. The summed E-state index contributed by atoms with van der Waals surface area (Å²) in [6.07, 6.45) is 0.586. The molecular formula is C14H16N6O2S. The zero-order valence-corrected chi connectivity index (χ0v) is 13.6. The summed E-state index contributed by atoms with van der Waals surface area (Å²) in [4.78, 5) is 12.6. The lowest BCUT2D eigenvalue weighted by atomic mass is 10.2. The van der Waals surface area contributed by atoms with E-state index in [1.165, 1.54) is 11.3 Å². The lowest BCUT2D eigenvalue weighted by Crippen LogP contribution is -2.26. The van der Waals surface area contributed by atoms with E-state index in [0.717, 1.165) is 11.0 Å². The van der Waals surface area contributed by atoms with Crippen molar-refractivity contribution in [3.8, 4) is 0 Å². The number of anilines is 1. The second kappa shape index (κ2) is 6.80. The Kier molecular flexibility index (Phi) is 4.58. The number of hydrogen-bond donors (Lipinski definition) is 1. The van der Waals surface area contributed by atoms with Crippen molar-refractivity contribution in [2.24, 2.45) is 0 Å². The van der Waals surface area contributed by atoms with Crippen LogP contribution in [-0.4, -0.2) is 38.2 Å². The fourth-order valence-corrected chi connectivity index (χ4v) is 2.98. The normalized spacial score (nSPS) is 12.4. The molecule has 8 nitrogen and oxygen atoms in total. The van der Waals surface area contributed by atoms with Gasteiger partial charge in [-0.15, -0.1) is 15.3 Å². The molecule has 0 saturated carbocycles. The van der Waals surface area contributed by atoms with Crippen molar-refractivity contribution >= 4 is 33.4 Å². The third kappa shape index (κ3) is 3.20. The van der Waals surface area contributed by atoms with Gasteiger partial charge in [0.15, 0.2) is 0 Å². The Bertz CT molecular complexity index is 814. The van der Waals surface area contributed by atoms with Gasteiger partial charge in [-0.05, 0) is 18.6 Å². The third-order valence-electron chi connectivity index (χ3n) is 3.33. The molecule has 120 valence electrons. The van der Waals surface area contributed by atoms with Gasteiger partial charge in [0, 0.05) is 7.11 Å². The average molecular weight is 332 g/mol. The summed E-state index contributed by atoms with van der Waals surface area (Å²) in [5.74, 6) is -0.191. The van der Waals surface area contributed by atoms with Crippen LogP contribution in [0.15, 0.2) is 24.3 Å². The first-order valence-corrected chi connectivity index (χ1v) is 7.96. The number of para-hydroxylation sites is 1. The second-order valence-electron chi connectivity index (χ2n) is 4.87. The number of amides is 1. The van der Waals surface area contributed by atoms with Crippen molar-refractivity contribution in [1.82, 2.24) is 25.2 Å². The molecule has 0 spiro atoms. The SMILES string of the molecule is CCC(C(=O)Nc1nnc(COC)s1)n1nnc2ccccc21. The summed E-state index contributed by atoms with van der Waals surface area (Å²) >= 11 is 1.29. The molecule has 1 N–H and O–H groups in total. The summed E-state index contributed by atoms with van der Waals surface area (Å²) in [7, 11) is 1.59. The molecule has 3 aromatic rings. The molecule has 3 rings (SSSR count). The first-order chi connectivity index (χ1) is 11.2. The summed E-state index contributed by atoms with van der Waals surface area (Å²) < 4.78 is 6.64. The quantitative estimate of drug-likeness (QED) is 0.742. The molecule has 0 bridgehead atoms. The Balaban J connectivity index is 1.81. The van der Waals surface area contributed by atoms with Crippen LogP contribution in [0.3, 0.4) is 0 Å². The van der Waals surface area contributed by atoms with E-state index in [9.17, 15) is 4.79 Å². The molecule has 0 saturated heterocycles. The first-order valence-electron chi connectivity index (χ1n) is 7.15. The van der Waals surface area contributed by atoms with E-state index in [4.69, 9.17) is 4.74 Å². The van der Waals surface area contributed by atoms with Gasteiger partial charge >= 0.3 is 0 Å². The minimum atomic E-state index is -0.461. The second-order valence-corrected chi connectivity index (χ2v) is 5.93.